The van der Waals surface area contributed by atoms with Crippen LogP contribution in [0.2, 0.25) is 5.02 Å². The summed E-state index contributed by atoms with van der Waals surface area (Å²) in [5, 5.41) is 0.627. The number of rotatable bonds is 4. The molecule has 1 aliphatic rings. The predicted octanol–water partition coefficient (Wildman–Crippen LogP) is 3.00. The molecule has 0 bridgehead atoms. The van der Waals surface area contributed by atoms with Gasteiger partial charge >= 0.3 is 0 Å². The molecule has 0 aromatic heterocycles. The van der Waals surface area contributed by atoms with Crippen LogP contribution in [0.5, 0.6) is 0 Å². The third-order valence-electron chi connectivity index (χ3n) is 3.49. The zero-order chi connectivity index (χ0) is 18.4. The lowest BCUT2D eigenvalue weighted by atomic mass is 10.1. The molecule has 0 atom stereocenters. The normalized spacial score (nSPS) is 16.6. The van der Waals surface area contributed by atoms with Crippen LogP contribution in [-0.4, -0.2) is 48.7 Å². The summed E-state index contributed by atoms with van der Waals surface area (Å²) >= 11 is 5.94. The van der Waals surface area contributed by atoms with E-state index in [0.717, 1.165) is 5.56 Å². The second-order valence-corrected chi connectivity index (χ2v) is 6.38. The van der Waals surface area contributed by atoms with E-state index in [9.17, 15) is 4.79 Å². The highest BCUT2D eigenvalue weighted by Gasteiger charge is 2.38. The van der Waals surface area contributed by atoms with Gasteiger partial charge in [0.1, 0.15) is 11.4 Å². The van der Waals surface area contributed by atoms with Crippen molar-refractivity contribution in [2.24, 2.45) is 15.0 Å². The molecule has 0 unspecified atom stereocenters. The maximum absolute atomic E-state index is 12.0. The first kappa shape index (κ1) is 18.6. The van der Waals surface area contributed by atoms with Gasteiger partial charge in [0.05, 0.1) is 12.1 Å². The molecule has 0 aliphatic carbocycles. The summed E-state index contributed by atoms with van der Waals surface area (Å²) in [6, 6.07) is 7.27. The molecule has 1 amide bonds. The van der Waals surface area contributed by atoms with Crippen LogP contribution in [0.15, 0.2) is 51.0 Å². The Kier molecular flexibility index (Phi) is 5.89. The second-order valence-electron chi connectivity index (χ2n) is 5.95. The number of nitrogens with zero attached hydrogens (tertiary/aromatic N) is 4. The molecule has 6 heteroatoms. The van der Waals surface area contributed by atoms with Gasteiger partial charge in [-0.2, -0.15) is 0 Å². The van der Waals surface area contributed by atoms with Gasteiger partial charge in [0, 0.05) is 30.0 Å². The molecule has 0 saturated heterocycles. The van der Waals surface area contributed by atoms with E-state index in [-0.39, 0.29) is 5.91 Å². The number of hydrogen-bond donors (Lipinski definition) is 0. The summed E-state index contributed by atoms with van der Waals surface area (Å²) < 4.78 is 0. The molecule has 1 aliphatic heterocycles. The summed E-state index contributed by atoms with van der Waals surface area (Å²) in [5.74, 6) is 6.56. The number of likely N-dealkylation sites (N-methyl/N-ethyl adjacent to an activating group) is 1. The number of hydrogen-bond acceptors (Lipinski definition) is 4. The van der Waals surface area contributed by atoms with Gasteiger partial charge in [0.15, 0.2) is 0 Å². The fraction of sp³-hybridized carbons (Fsp3) is 0.263. The van der Waals surface area contributed by atoms with E-state index >= 15 is 0 Å². The quantitative estimate of drug-likeness (QED) is 0.605. The average Bonchev–Trinajstić information content (AvgIpc) is 2.75. The van der Waals surface area contributed by atoms with Crippen molar-refractivity contribution in [3.05, 3.63) is 46.6 Å². The largest absolute Gasteiger partial charge is 0.300 e. The molecular weight excluding hydrogens is 336 g/mol. The van der Waals surface area contributed by atoms with Gasteiger partial charge < -0.3 is 4.90 Å². The van der Waals surface area contributed by atoms with Crippen molar-refractivity contribution in [2.45, 2.75) is 19.4 Å². The van der Waals surface area contributed by atoms with Crippen molar-refractivity contribution in [2.75, 3.05) is 13.6 Å². The average molecular weight is 355 g/mol. The lowest BCUT2D eigenvalue weighted by Gasteiger charge is -2.14. The number of carbonyl (C=O) groups excluding carboxylic acids is 1. The Labute approximate surface area is 152 Å². The SMILES string of the molecule is C=N/C=C(/C#Cc1cccc(Cl)c1)C=NCC1=NC(C)(C)C(=O)N1C. The maximum Gasteiger partial charge on any atom is 0.255 e. The van der Waals surface area contributed by atoms with Crippen molar-refractivity contribution in [1.29, 1.82) is 0 Å². The summed E-state index contributed by atoms with van der Waals surface area (Å²) in [5.41, 5.74) is 0.665. The Morgan fingerprint density at radius 3 is 2.84 bits per heavy atom. The Morgan fingerprint density at radius 1 is 1.48 bits per heavy atom. The molecule has 0 saturated carbocycles. The van der Waals surface area contributed by atoms with Gasteiger partial charge in [-0.1, -0.05) is 29.5 Å². The van der Waals surface area contributed by atoms with E-state index in [2.05, 4.69) is 33.5 Å². The van der Waals surface area contributed by atoms with Crippen LogP contribution in [0.25, 0.3) is 0 Å². The van der Waals surface area contributed by atoms with Crippen LogP contribution in [0, 0.1) is 11.8 Å². The third kappa shape index (κ3) is 4.88. The van der Waals surface area contributed by atoms with E-state index in [1.165, 1.54) is 11.1 Å². The molecule has 128 valence electrons. The number of amides is 1. The van der Waals surface area contributed by atoms with Gasteiger partial charge in [0.2, 0.25) is 0 Å². The standard InChI is InChI=1S/C19H19ClN4O/c1-19(2)18(25)24(4)17(23-19)13-22-12-15(11-21-3)9-8-14-6-5-7-16(20)10-14/h5-7,10-12H,3,13H2,1-2,4H3/b15-11-,22-12?. The van der Waals surface area contributed by atoms with E-state index in [1.54, 1.807) is 39.2 Å². The summed E-state index contributed by atoms with van der Waals surface area (Å²) in [6.07, 6.45) is 3.12. The van der Waals surface area contributed by atoms with Gasteiger partial charge in [-0.15, -0.1) is 0 Å². The van der Waals surface area contributed by atoms with Crippen molar-refractivity contribution >= 4 is 36.3 Å². The first-order chi connectivity index (χ1) is 11.8. The first-order valence-corrected chi connectivity index (χ1v) is 8.01. The van der Waals surface area contributed by atoms with Gasteiger partial charge in [0.25, 0.3) is 5.91 Å². The van der Waals surface area contributed by atoms with Crippen molar-refractivity contribution < 1.29 is 4.79 Å². The van der Waals surface area contributed by atoms with Crippen LogP contribution in [0.3, 0.4) is 0 Å². The van der Waals surface area contributed by atoms with Crippen LogP contribution < -0.4 is 0 Å². The molecule has 2 rings (SSSR count). The van der Waals surface area contributed by atoms with Gasteiger partial charge in [-0.25, -0.2) is 0 Å². The Morgan fingerprint density at radius 2 is 2.24 bits per heavy atom. The highest BCUT2D eigenvalue weighted by molar-refractivity contribution is 6.30. The number of amidine groups is 1. The molecule has 1 aromatic rings. The van der Waals surface area contributed by atoms with Crippen molar-refractivity contribution in [3.63, 3.8) is 0 Å². The molecule has 0 radical (unpaired) electrons. The molecule has 0 fully saturated rings. The zero-order valence-corrected chi connectivity index (χ0v) is 15.2. The lowest BCUT2D eigenvalue weighted by Crippen LogP contribution is -2.36. The minimum Gasteiger partial charge on any atom is -0.300 e. The lowest BCUT2D eigenvalue weighted by molar-refractivity contribution is -0.129. The Balaban J connectivity index is 2.11. The van der Waals surface area contributed by atoms with E-state index in [0.29, 0.717) is 23.0 Å². The third-order valence-corrected chi connectivity index (χ3v) is 3.73. The Bertz CT molecular complexity index is 840. The number of carbonyl (C=O) groups is 1. The summed E-state index contributed by atoms with van der Waals surface area (Å²) in [7, 11) is 1.70. The molecule has 1 aromatic carbocycles. The molecular formula is C19H19ClN4O. The van der Waals surface area contributed by atoms with Crippen LogP contribution in [-0.2, 0) is 4.79 Å². The molecule has 5 nitrogen and oxygen atoms in total. The second kappa shape index (κ2) is 7.91. The first-order valence-electron chi connectivity index (χ1n) is 7.64. The molecule has 0 N–H and O–H groups in total. The topological polar surface area (TPSA) is 57.4 Å². The maximum atomic E-state index is 12.0. The fourth-order valence-corrected chi connectivity index (χ4v) is 2.44. The van der Waals surface area contributed by atoms with Crippen molar-refractivity contribution in [1.82, 2.24) is 4.90 Å². The minimum absolute atomic E-state index is 0.0398. The van der Waals surface area contributed by atoms with Gasteiger partial charge in [-0.3, -0.25) is 19.8 Å². The Hall–Kier alpha value is -2.71. The molecule has 25 heavy (non-hydrogen) atoms. The highest BCUT2D eigenvalue weighted by Crippen LogP contribution is 2.20. The number of halogens is 1. The van der Waals surface area contributed by atoms with E-state index in [4.69, 9.17) is 11.6 Å². The minimum atomic E-state index is -0.729. The van der Waals surface area contributed by atoms with E-state index < -0.39 is 5.54 Å². The highest BCUT2D eigenvalue weighted by atomic mass is 35.5. The molecule has 1 heterocycles. The van der Waals surface area contributed by atoms with Gasteiger partial charge in [-0.05, 0) is 38.8 Å². The fourth-order valence-electron chi connectivity index (χ4n) is 2.25. The predicted molar refractivity (Wildman–Crippen MR) is 104 cm³/mol. The molecule has 0 spiro atoms. The number of allylic oxidation sites excluding steroid dienone is 1. The monoisotopic (exact) mass is 354 g/mol. The van der Waals surface area contributed by atoms with E-state index in [1.807, 2.05) is 12.1 Å². The summed E-state index contributed by atoms with van der Waals surface area (Å²) in [6.45, 7) is 7.30. The zero-order valence-electron chi connectivity index (χ0n) is 14.5. The summed E-state index contributed by atoms with van der Waals surface area (Å²) in [4.78, 5) is 26.0. The van der Waals surface area contributed by atoms with Crippen molar-refractivity contribution in [3.8, 4) is 11.8 Å². The number of benzene rings is 1. The smallest absolute Gasteiger partial charge is 0.255 e. The van der Waals surface area contributed by atoms with Crippen LogP contribution >= 0.6 is 11.6 Å². The van der Waals surface area contributed by atoms with Crippen LogP contribution in [0.1, 0.15) is 19.4 Å². The number of aliphatic imine (C=N–C) groups is 3. The van der Waals surface area contributed by atoms with Crippen LogP contribution in [0.4, 0.5) is 0 Å².